The average molecular weight is 591 g/mol. The molecule has 0 aromatic rings. The molecule has 0 unspecified atom stereocenters. The van der Waals surface area contributed by atoms with Gasteiger partial charge in [0.15, 0.2) is 6.29 Å². The van der Waals surface area contributed by atoms with Crippen LogP contribution in [0.15, 0.2) is 11.6 Å². The van der Waals surface area contributed by atoms with Gasteiger partial charge in [-0.25, -0.2) is 0 Å². The first kappa shape index (κ1) is 32.1. The molecular weight excluding hydrogens is 536 g/mol. The first-order chi connectivity index (χ1) is 19.3. The first-order valence-corrected chi connectivity index (χ1v) is 16.1. The molecule has 4 fully saturated rings. The van der Waals surface area contributed by atoms with Gasteiger partial charge in [0.25, 0.3) is 0 Å². The Kier molecular flexibility index (Phi) is 7.92. The van der Waals surface area contributed by atoms with Crippen molar-refractivity contribution >= 4 is 11.8 Å². The fraction of sp³-hybridized carbons (Fsp3) is 0.882. The molecular formula is C34H54O8. The molecule has 3 saturated carbocycles. The molecule has 1 aliphatic heterocycles. The van der Waals surface area contributed by atoms with Crippen LogP contribution in [-0.4, -0.2) is 70.0 Å². The zero-order valence-electron chi connectivity index (χ0n) is 27.1. The molecule has 12 atom stereocenters. The zero-order valence-corrected chi connectivity index (χ0v) is 27.1. The van der Waals surface area contributed by atoms with E-state index in [0.29, 0.717) is 19.4 Å². The van der Waals surface area contributed by atoms with Gasteiger partial charge in [0.2, 0.25) is 0 Å². The van der Waals surface area contributed by atoms with Crippen LogP contribution in [0.3, 0.4) is 0 Å². The van der Waals surface area contributed by atoms with Crippen molar-refractivity contribution in [2.45, 2.75) is 137 Å². The Bertz CT molecular complexity index is 1120. The fourth-order valence-corrected chi connectivity index (χ4v) is 10.8. The molecule has 1 saturated heterocycles. The minimum Gasteiger partial charge on any atom is -0.462 e. The van der Waals surface area contributed by atoms with Crippen molar-refractivity contribution in [3.05, 3.63) is 11.6 Å². The Balaban J connectivity index is 1.54. The number of esters is 1. The molecule has 1 heterocycles. The van der Waals surface area contributed by atoms with Gasteiger partial charge in [-0.1, -0.05) is 46.3 Å². The van der Waals surface area contributed by atoms with Crippen molar-refractivity contribution in [2.75, 3.05) is 6.61 Å². The topological polar surface area (TPSA) is 123 Å². The largest absolute Gasteiger partial charge is 0.462 e. The summed E-state index contributed by atoms with van der Waals surface area (Å²) in [5, 5.41) is 33.1. The third-order valence-electron chi connectivity index (χ3n) is 13.0. The predicted molar refractivity (Wildman–Crippen MR) is 157 cm³/mol. The lowest BCUT2D eigenvalue weighted by Gasteiger charge is -2.68. The Morgan fingerprint density at radius 1 is 1.17 bits per heavy atom. The lowest BCUT2D eigenvalue weighted by atomic mass is 9.36. The zero-order chi connectivity index (χ0) is 31.2. The number of allylic oxidation sites excluding steroid dienone is 1. The van der Waals surface area contributed by atoms with E-state index in [0.717, 1.165) is 19.3 Å². The van der Waals surface area contributed by atoms with Gasteiger partial charge in [-0.3, -0.25) is 9.59 Å². The fourth-order valence-electron chi connectivity index (χ4n) is 10.8. The lowest BCUT2D eigenvalue weighted by Crippen LogP contribution is -2.69. The molecule has 3 N–H and O–H groups in total. The second-order valence-electron chi connectivity index (χ2n) is 15.9. The van der Waals surface area contributed by atoms with Crippen LogP contribution < -0.4 is 0 Å². The van der Waals surface area contributed by atoms with E-state index in [4.69, 9.17) is 14.2 Å². The number of ether oxygens (including phenoxy) is 3. The molecule has 5 rings (SSSR count). The summed E-state index contributed by atoms with van der Waals surface area (Å²) in [4.78, 5) is 25.8. The quantitative estimate of drug-likeness (QED) is 0.304. The van der Waals surface area contributed by atoms with Crippen molar-refractivity contribution in [1.82, 2.24) is 0 Å². The van der Waals surface area contributed by atoms with Gasteiger partial charge in [-0.2, -0.15) is 0 Å². The van der Waals surface area contributed by atoms with E-state index in [2.05, 4.69) is 26.8 Å². The van der Waals surface area contributed by atoms with Crippen LogP contribution in [0.25, 0.3) is 0 Å². The highest BCUT2D eigenvalue weighted by Gasteiger charge is 2.72. The second kappa shape index (κ2) is 10.4. The van der Waals surface area contributed by atoms with Crippen molar-refractivity contribution in [3.8, 4) is 0 Å². The number of rotatable bonds is 6. The summed E-state index contributed by atoms with van der Waals surface area (Å²) in [6.07, 6.45) is 2.96. The maximum absolute atomic E-state index is 13.2. The monoisotopic (exact) mass is 590 g/mol. The van der Waals surface area contributed by atoms with Gasteiger partial charge in [-0.05, 0) is 76.0 Å². The number of hydrogen-bond donors (Lipinski definition) is 3. The maximum Gasteiger partial charge on any atom is 0.302 e. The number of Topliss-reactive ketones (excluding diaryl/α,β-unsaturated/α-hetero) is 1. The van der Waals surface area contributed by atoms with Crippen molar-refractivity contribution in [2.24, 2.45) is 45.3 Å². The van der Waals surface area contributed by atoms with E-state index in [-0.39, 0.29) is 47.3 Å². The number of ketones is 1. The van der Waals surface area contributed by atoms with Crippen molar-refractivity contribution in [1.29, 1.82) is 0 Å². The Morgan fingerprint density at radius 2 is 1.83 bits per heavy atom. The summed E-state index contributed by atoms with van der Waals surface area (Å²) in [7, 11) is 0. The summed E-state index contributed by atoms with van der Waals surface area (Å²) in [6.45, 7) is 17.8. The highest BCUT2D eigenvalue weighted by atomic mass is 16.7. The highest BCUT2D eigenvalue weighted by Crippen LogP contribution is 2.73. The van der Waals surface area contributed by atoms with Crippen LogP contribution in [0, 0.1) is 45.3 Å². The van der Waals surface area contributed by atoms with Crippen LogP contribution in [0.4, 0.5) is 0 Å². The number of fused-ring (bicyclic) bond motifs is 5. The van der Waals surface area contributed by atoms with E-state index in [1.807, 2.05) is 20.8 Å². The second-order valence-corrected chi connectivity index (χ2v) is 15.9. The molecule has 0 spiro atoms. The van der Waals surface area contributed by atoms with Gasteiger partial charge in [0.1, 0.15) is 18.0 Å². The van der Waals surface area contributed by atoms with Gasteiger partial charge in [-0.15, -0.1) is 0 Å². The molecule has 0 bridgehead atoms. The third-order valence-corrected chi connectivity index (χ3v) is 13.0. The molecule has 8 nitrogen and oxygen atoms in total. The van der Waals surface area contributed by atoms with E-state index in [1.54, 1.807) is 13.8 Å². The normalized spacial score (nSPS) is 47.2. The van der Waals surface area contributed by atoms with Crippen LogP contribution in [0.2, 0.25) is 0 Å². The summed E-state index contributed by atoms with van der Waals surface area (Å²) in [5.74, 6) is -0.133. The van der Waals surface area contributed by atoms with E-state index in [1.165, 1.54) is 12.5 Å². The average Bonchev–Trinajstić information content (AvgIpc) is 3.44. The number of carbonyl (C=O) groups is 2. The first-order valence-electron chi connectivity index (χ1n) is 16.1. The minimum absolute atomic E-state index is 0.0155. The molecule has 5 aliphatic rings. The third kappa shape index (κ3) is 4.48. The highest BCUT2D eigenvalue weighted by molar-refractivity contribution is 5.86. The Morgan fingerprint density at radius 3 is 2.43 bits per heavy atom. The lowest BCUT2D eigenvalue weighted by molar-refractivity contribution is -0.230. The van der Waals surface area contributed by atoms with E-state index in [9.17, 15) is 24.9 Å². The maximum atomic E-state index is 13.2. The summed E-state index contributed by atoms with van der Waals surface area (Å²) in [6, 6.07) is 0. The predicted octanol–water partition coefficient (Wildman–Crippen LogP) is 4.57. The number of carbonyl (C=O) groups excluding carboxylic acids is 2. The van der Waals surface area contributed by atoms with Crippen LogP contribution in [0.5, 0.6) is 0 Å². The van der Waals surface area contributed by atoms with Crippen LogP contribution in [-0.2, 0) is 23.8 Å². The Labute approximate surface area is 251 Å². The smallest absolute Gasteiger partial charge is 0.302 e. The molecule has 238 valence electrons. The summed E-state index contributed by atoms with van der Waals surface area (Å²) < 4.78 is 18.6. The summed E-state index contributed by atoms with van der Waals surface area (Å²) in [5.41, 5.74) is -1.88. The van der Waals surface area contributed by atoms with Gasteiger partial charge < -0.3 is 29.5 Å². The molecule has 0 radical (unpaired) electrons. The molecule has 4 aliphatic carbocycles. The molecule has 8 heteroatoms. The minimum atomic E-state index is -1.30. The van der Waals surface area contributed by atoms with Gasteiger partial charge in [0, 0.05) is 42.1 Å². The number of hydrogen-bond acceptors (Lipinski definition) is 8. The standard InChI is InChI=1S/C34H54O8/c1-10-40-29-19(15-21(42-29)28(38)31(5,6)39)20-11-12-22-32(20,7)14-13-23-33(8)24(30(3,4)25(36)17-26(33)37)16-27(34(22,23)9)41-18(2)35/h12,19-21,23-24,26-29,37-39H,10-11,13-17H2,1-9H3/t19-,20-,21+,23+,24-,26-,27+,28-,29+,32-,33+,34-/m0/s1. The summed E-state index contributed by atoms with van der Waals surface area (Å²) >= 11 is 0. The molecule has 42 heavy (non-hydrogen) atoms. The van der Waals surface area contributed by atoms with Crippen molar-refractivity contribution in [3.63, 3.8) is 0 Å². The number of aliphatic hydroxyl groups is 3. The van der Waals surface area contributed by atoms with Gasteiger partial charge in [0.05, 0.1) is 17.8 Å². The molecule has 0 aromatic carbocycles. The van der Waals surface area contributed by atoms with Crippen LogP contribution in [0.1, 0.15) is 101 Å². The Hall–Kier alpha value is -1.32. The van der Waals surface area contributed by atoms with E-state index >= 15 is 0 Å². The van der Waals surface area contributed by atoms with Crippen LogP contribution >= 0.6 is 0 Å². The molecule has 0 amide bonds. The van der Waals surface area contributed by atoms with Crippen molar-refractivity contribution < 1.29 is 39.1 Å². The SMILES string of the molecule is CCO[C@@H]1O[C@@H]([C@H](O)C(C)(C)O)C[C@H]1[C@@H]1CC=C2[C@]3(C)[C@H](OC(C)=O)C[C@H]4C(C)(C)C(=O)C[C@H](O)[C@]4(C)[C@H]3CC[C@]21C. The van der Waals surface area contributed by atoms with Gasteiger partial charge >= 0.3 is 5.97 Å². The number of aliphatic hydroxyl groups excluding tert-OH is 2. The van der Waals surface area contributed by atoms with E-state index < -0.39 is 52.6 Å². The molecule has 0 aromatic heterocycles.